The summed E-state index contributed by atoms with van der Waals surface area (Å²) in [5, 5.41) is 5.08. The van der Waals surface area contributed by atoms with E-state index in [1.54, 1.807) is 0 Å². The van der Waals surface area contributed by atoms with Gasteiger partial charge in [-0.2, -0.15) is 0 Å². The number of piperazine rings is 1. The van der Waals surface area contributed by atoms with Gasteiger partial charge < -0.3 is 10.2 Å². The zero-order valence-electron chi connectivity index (χ0n) is 17.0. The second-order valence-corrected chi connectivity index (χ2v) is 9.10. The summed E-state index contributed by atoms with van der Waals surface area (Å²) in [4.78, 5) is 30.9. The standard InChI is InChI=1S/C23H29N3O2S/c1-17-8-10-19(11-9-17)24-22(27)21(18-5-2-3-6-18)25-12-14-26(15-13-25)23(28)20-7-4-16-29-20/h4,7-11,16,18,21H,2-3,5-6,12-15H2,1H3,(H,24,27). The van der Waals surface area contributed by atoms with Gasteiger partial charge in [0.2, 0.25) is 5.91 Å². The van der Waals surface area contributed by atoms with E-state index < -0.39 is 0 Å². The zero-order valence-corrected chi connectivity index (χ0v) is 17.8. The summed E-state index contributed by atoms with van der Waals surface area (Å²) < 4.78 is 0. The Morgan fingerprint density at radius 2 is 1.72 bits per heavy atom. The molecule has 2 amide bonds. The molecule has 1 N–H and O–H groups in total. The first kappa shape index (κ1) is 20.1. The van der Waals surface area contributed by atoms with Crippen molar-refractivity contribution in [2.45, 2.75) is 38.6 Å². The number of carbonyl (C=O) groups is 2. The van der Waals surface area contributed by atoms with Gasteiger partial charge in [-0.3, -0.25) is 14.5 Å². The van der Waals surface area contributed by atoms with Gasteiger partial charge in [0.25, 0.3) is 5.91 Å². The molecule has 0 bridgehead atoms. The zero-order chi connectivity index (χ0) is 20.2. The third-order valence-electron chi connectivity index (χ3n) is 6.16. The molecule has 0 spiro atoms. The summed E-state index contributed by atoms with van der Waals surface area (Å²) in [6.45, 7) is 4.90. The molecule has 1 aliphatic heterocycles. The van der Waals surface area contributed by atoms with Crippen LogP contribution in [0.1, 0.15) is 40.9 Å². The summed E-state index contributed by atoms with van der Waals surface area (Å²) in [6, 6.07) is 11.7. The number of carbonyl (C=O) groups excluding carboxylic acids is 2. The number of hydrogen-bond donors (Lipinski definition) is 1. The second-order valence-electron chi connectivity index (χ2n) is 8.15. The molecule has 1 unspecified atom stereocenters. The van der Waals surface area contributed by atoms with Gasteiger partial charge in [-0.1, -0.05) is 36.6 Å². The highest BCUT2D eigenvalue weighted by molar-refractivity contribution is 7.12. The smallest absolute Gasteiger partial charge is 0.264 e. The lowest BCUT2D eigenvalue weighted by molar-refractivity contribution is -0.123. The molecule has 1 aliphatic carbocycles. The Bertz CT molecular complexity index is 820. The van der Waals surface area contributed by atoms with Crippen molar-refractivity contribution in [1.82, 2.24) is 9.80 Å². The van der Waals surface area contributed by atoms with Crippen molar-refractivity contribution in [3.8, 4) is 0 Å². The molecule has 1 atom stereocenters. The van der Waals surface area contributed by atoms with Crippen LogP contribution in [0.2, 0.25) is 0 Å². The Morgan fingerprint density at radius 1 is 1.03 bits per heavy atom. The van der Waals surface area contributed by atoms with E-state index in [4.69, 9.17) is 0 Å². The molecule has 5 nitrogen and oxygen atoms in total. The highest BCUT2D eigenvalue weighted by Gasteiger charge is 2.37. The number of aryl methyl sites for hydroxylation is 1. The highest BCUT2D eigenvalue weighted by Crippen LogP contribution is 2.32. The molecule has 1 saturated heterocycles. The third kappa shape index (κ3) is 4.70. The molecule has 1 aromatic carbocycles. The van der Waals surface area contributed by atoms with E-state index in [1.165, 1.54) is 29.7 Å². The summed E-state index contributed by atoms with van der Waals surface area (Å²) in [7, 11) is 0. The Balaban J connectivity index is 1.42. The lowest BCUT2D eigenvalue weighted by Gasteiger charge is -2.40. The number of rotatable bonds is 5. The molecule has 154 valence electrons. The topological polar surface area (TPSA) is 52.7 Å². The van der Waals surface area contributed by atoms with Crippen molar-refractivity contribution < 1.29 is 9.59 Å². The molecule has 1 saturated carbocycles. The van der Waals surface area contributed by atoms with Gasteiger partial charge in [0.15, 0.2) is 0 Å². The van der Waals surface area contributed by atoms with Crippen LogP contribution in [0, 0.1) is 12.8 Å². The monoisotopic (exact) mass is 411 g/mol. The van der Waals surface area contributed by atoms with E-state index in [-0.39, 0.29) is 17.9 Å². The Hall–Kier alpha value is -2.18. The molecule has 2 fully saturated rings. The minimum Gasteiger partial charge on any atom is -0.335 e. The number of thiophene rings is 1. The number of anilines is 1. The van der Waals surface area contributed by atoms with Crippen LogP contribution < -0.4 is 5.32 Å². The SMILES string of the molecule is Cc1ccc(NC(=O)C(C2CCCC2)N2CCN(C(=O)c3cccs3)CC2)cc1. The number of nitrogens with zero attached hydrogens (tertiary/aromatic N) is 2. The first-order valence-corrected chi connectivity index (χ1v) is 11.4. The van der Waals surface area contributed by atoms with Crippen LogP contribution in [-0.4, -0.2) is 53.8 Å². The maximum atomic E-state index is 13.3. The Kier molecular flexibility index (Phi) is 6.31. The molecule has 2 heterocycles. The predicted octanol–water partition coefficient (Wildman–Crippen LogP) is 4.01. The number of nitrogens with one attached hydrogen (secondary N) is 1. The van der Waals surface area contributed by atoms with E-state index in [9.17, 15) is 9.59 Å². The molecule has 2 aliphatic rings. The van der Waals surface area contributed by atoms with E-state index in [2.05, 4.69) is 10.2 Å². The van der Waals surface area contributed by atoms with Gasteiger partial charge in [-0.15, -0.1) is 11.3 Å². The fourth-order valence-corrected chi connectivity index (χ4v) is 5.25. The van der Waals surface area contributed by atoms with Gasteiger partial charge >= 0.3 is 0 Å². The lowest BCUT2D eigenvalue weighted by Crippen LogP contribution is -2.56. The van der Waals surface area contributed by atoms with Gasteiger partial charge in [-0.05, 0) is 49.3 Å². The summed E-state index contributed by atoms with van der Waals surface area (Å²) in [6.07, 6.45) is 4.63. The van der Waals surface area contributed by atoms with Crippen LogP contribution >= 0.6 is 11.3 Å². The lowest BCUT2D eigenvalue weighted by atomic mass is 9.94. The van der Waals surface area contributed by atoms with Crippen LogP contribution in [0.4, 0.5) is 5.69 Å². The quantitative estimate of drug-likeness (QED) is 0.809. The number of hydrogen-bond acceptors (Lipinski definition) is 4. The van der Waals surface area contributed by atoms with Gasteiger partial charge in [-0.25, -0.2) is 0 Å². The highest BCUT2D eigenvalue weighted by atomic mass is 32.1. The van der Waals surface area contributed by atoms with Crippen molar-refractivity contribution in [1.29, 1.82) is 0 Å². The average molecular weight is 412 g/mol. The maximum Gasteiger partial charge on any atom is 0.264 e. The summed E-state index contributed by atoms with van der Waals surface area (Å²) in [5.74, 6) is 0.611. The van der Waals surface area contributed by atoms with Crippen LogP contribution in [-0.2, 0) is 4.79 Å². The predicted molar refractivity (Wildman–Crippen MR) is 117 cm³/mol. The number of amides is 2. The maximum absolute atomic E-state index is 13.3. The van der Waals surface area contributed by atoms with Gasteiger partial charge in [0, 0.05) is 31.9 Å². The van der Waals surface area contributed by atoms with Crippen LogP contribution in [0.15, 0.2) is 41.8 Å². The second kappa shape index (κ2) is 9.09. The van der Waals surface area contributed by atoms with E-state index in [1.807, 2.05) is 53.6 Å². The van der Waals surface area contributed by atoms with Crippen LogP contribution in [0.3, 0.4) is 0 Å². The van der Waals surface area contributed by atoms with Gasteiger partial charge in [0.1, 0.15) is 0 Å². The first-order valence-electron chi connectivity index (χ1n) is 10.6. The van der Waals surface area contributed by atoms with Crippen molar-refractivity contribution in [3.63, 3.8) is 0 Å². The third-order valence-corrected chi connectivity index (χ3v) is 7.02. The average Bonchev–Trinajstić information content (AvgIpc) is 3.44. The van der Waals surface area contributed by atoms with Crippen molar-refractivity contribution >= 4 is 28.8 Å². The van der Waals surface area contributed by atoms with E-state index in [0.29, 0.717) is 19.0 Å². The Morgan fingerprint density at radius 3 is 2.34 bits per heavy atom. The van der Waals surface area contributed by atoms with Crippen molar-refractivity contribution in [2.75, 3.05) is 31.5 Å². The molecule has 29 heavy (non-hydrogen) atoms. The fraction of sp³-hybridized carbons (Fsp3) is 0.478. The minimum absolute atomic E-state index is 0.0961. The van der Waals surface area contributed by atoms with Crippen molar-refractivity contribution in [3.05, 3.63) is 52.2 Å². The molecule has 1 aromatic heterocycles. The van der Waals surface area contributed by atoms with E-state index in [0.717, 1.165) is 36.5 Å². The summed E-state index contributed by atoms with van der Waals surface area (Å²) in [5.41, 5.74) is 2.04. The van der Waals surface area contributed by atoms with Crippen LogP contribution in [0.25, 0.3) is 0 Å². The Labute approximate surface area is 176 Å². The number of benzene rings is 1. The molecule has 6 heteroatoms. The summed E-state index contributed by atoms with van der Waals surface area (Å²) >= 11 is 1.49. The minimum atomic E-state index is -0.113. The van der Waals surface area contributed by atoms with Crippen molar-refractivity contribution in [2.24, 2.45) is 5.92 Å². The largest absolute Gasteiger partial charge is 0.335 e. The first-order chi connectivity index (χ1) is 14.1. The molecule has 2 aromatic rings. The van der Waals surface area contributed by atoms with Gasteiger partial charge in [0.05, 0.1) is 10.9 Å². The van der Waals surface area contributed by atoms with Crippen LogP contribution in [0.5, 0.6) is 0 Å². The molecular weight excluding hydrogens is 382 g/mol. The fourth-order valence-electron chi connectivity index (χ4n) is 4.56. The molecule has 4 rings (SSSR count). The molecule has 0 radical (unpaired) electrons. The van der Waals surface area contributed by atoms with E-state index >= 15 is 0 Å². The normalized spacial score (nSPS) is 19.3. The molecular formula is C23H29N3O2S.